The number of nitro groups is 1. The predicted octanol–water partition coefficient (Wildman–Crippen LogP) is 4.62. The van der Waals surface area contributed by atoms with Crippen molar-refractivity contribution in [2.24, 2.45) is 0 Å². The Morgan fingerprint density at radius 1 is 1.14 bits per heavy atom. The van der Waals surface area contributed by atoms with Gasteiger partial charge in [-0.05, 0) is 35.7 Å². The molecule has 0 aromatic heterocycles. The van der Waals surface area contributed by atoms with E-state index >= 15 is 0 Å². The van der Waals surface area contributed by atoms with Crippen LogP contribution in [0.3, 0.4) is 0 Å². The minimum atomic E-state index is -0.482. The summed E-state index contributed by atoms with van der Waals surface area (Å²) in [5.74, 6) is 0.0253. The molecule has 21 heavy (non-hydrogen) atoms. The van der Waals surface area contributed by atoms with Crippen molar-refractivity contribution >= 4 is 23.1 Å². The number of ketones is 1. The van der Waals surface area contributed by atoms with E-state index < -0.39 is 4.92 Å². The standard InChI is InChI=1S/C16H14ClNO3/c1-11(12-2-6-14(17)7-3-12)10-16(19)13-4-8-15(9-5-13)18(20)21/h2-9,11H,10H2,1H3/t11-/m0/s1. The first kappa shape index (κ1) is 15.2. The zero-order valence-electron chi connectivity index (χ0n) is 11.5. The van der Waals surface area contributed by atoms with Gasteiger partial charge in [-0.3, -0.25) is 14.9 Å². The van der Waals surface area contributed by atoms with Gasteiger partial charge in [0.1, 0.15) is 0 Å². The molecule has 0 aliphatic heterocycles. The largest absolute Gasteiger partial charge is 0.294 e. The molecule has 0 aliphatic carbocycles. The Hall–Kier alpha value is -2.20. The van der Waals surface area contributed by atoms with Crippen molar-refractivity contribution in [3.05, 3.63) is 74.8 Å². The Balaban J connectivity index is 2.06. The topological polar surface area (TPSA) is 60.2 Å². The molecule has 0 bridgehead atoms. The van der Waals surface area contributed by atoms with E-state index in [0.717, 1.165) is 5.56 Å². The van der Waals surface area contributed by atoms with Crippen molar-refractivity contribution < 1.29 is 9.72 Å². The lowest BCUT2D eigenvalue weighted by atomic mass is 9.93. The third-order valence-corrected chi connectivity index (χ3v) is 3.58. The van der Waals surface area contributed by atoms with Crippen LogP contribution >= 0.6 is 11.6 Å². The van der Waals surface area contributed by atoms with E-state index in [-0.39, 0.29) is 17.4 Å². The zero-order chi connectivity index (χ0) is 15.4. The maximum absolute atomic E-state index is 12.2. The number of Topliss-reactive ketones (excluding diaryl/α,β-unsaturated/α-hetero) is 1. The molecule has 0 saturated carbocycles. The van der Waals surface area contributed by atoms with E-state index in [1.165, 1.54) is 24.3 Å². The molecular formula is C16H14ClNO3. The molecule has 4 nitrogen and oxygen atoms in total. The summed E-state index contributed by atoms with van der Waals surface area (Å²) in [6.07, 6.45) is 0.347. The monoisotopic (exact) mass is 303 g/mol. The second-order valence-corrected chi connectivity index (χ2v) is 5.32. The number of benzene rings is 2. The highest BCUT2D eigenvalue weighted by molar-refractivity contribution is 6.30. The summed E-state index contributed by atoms with van der Waals surface area (Å²) in [5, 5.41) is 11.2. The highest BCUT2D eigenvalue weighted by Gasteiger charge is 2.14. The van der Waals surface area contributed by atoms with Crippen molar-refractivity contribution in [1.82, 2.24) is 0 Å². The number of hydrogen-bond donors (Lipinski definition) is 0. The molecule has 2 rings (SSSR count). The van der Waals surface area contributed by atoms with E-state index in [2.05, 4.69) is 0 Å². The Kier molecular flexibility index (Phi) is 4.70. The van der Waals surface area contributed by atoms with E-state index in [1.807, 2.05) is 19.1 Å². The smallest absolute Gasteiger partial charge is 0.269 e. The van der Waals surface area contributed by atoms with Gasteiger partial charge in [0.15, 0.2) is 5.78 Å². The van der Waals surface area contributed by atoms with Gasteiger partial charge in [-0.1, -0.05) is 30.7 Å². The first-order valence-corrected chi connectivity index (χ1v) is 6.88. The maximum atomic E-state index is 12.2. The van der Waals surface area contributed by atoms with Crippen molar-refractivity contribution in [1.29, 1.82) is 0 Å². The molecule has 5 heteroatoms. The molecule has 2 aromatic rings. The lowest BCUT2D eigenvalue weighted by molar-refractivity contribution is -0.384. The Morgan fingerprint density at radius 3 is 2.24 bits per heavy atom. The maximum Gasteiger partial charge on any atom is 0.269 e. The van der Waals surface area contributed by atoms with Crippen LogP contribution in [0.25, 0.3) is 0 Å². The number of nitrogens with zero attached hydrogens (tertiary/aromatic N) is 1. The van der Waals surface area contributed by atoms with Gasteiger partial charge in [0, 0.05) is 29.1 Å². The Labute approximate surface area is 127 Å². The number of hydrogen-bond acceptors (Lipinski definition) is 3. The van der Waals surface area contributed by atoms with Crippen LogP contribution in [-0.2, 0) is 0 Å². The van der Waals surface area contributed by atoms with Gasteiger partial charge >= 0.3 is 0 Å². The SMILES string of the molecule is C[C@@H](CC(=O)c1ccc([N+](=O)[O-])cc1)c1ccc(Cl)cc1. The molecule has 0 N–H and O–H groups in total. The second-order valence-electron chi connectivity index (χ2n) is 4.88. The summed E-state index contributed by atoms with van der Waals surface area (Å²) in [7, 11) is 0. The highest BCUT2D eigenvalue weighted by atomic mass is 35.5. The summed E-state index contributed by atoms with van der Waals surface area (Å²) < 4.78 is 0. The van der Waals surface area contributed by atoms with Crippen LogP contribution < -0.4 is 0 Å². The summed E-state index contributed by atoms with van der Waals surface area (Å²) in [4.78, 5) is 22.3. The lowest BCUT2D eigenvalue weighted by Crippen LogP contribution is -2.05. The van der Waals surface area contributed by atoms with Gasteiger partial charge in [0.2, 0.25) is 0 Å². The number of carbonyl (C=O) groups is 1. The van der Waals surface area contributed by atoms with Crippen LogP contribution in [0.5, 0.6) is 0 Å². The van der Waals surface area contributed by atoms with Gasteiger partial charge in [0.05, 0.1) is 4.92 Å². The summed E-state index contributed by atoms with van der Waals surface area (Å²) in [5.41, 5.74) is 1.51. The lowest BCUT2D eigenvalue weighted by Gasteiger charge is -2.11. The average molecular weight is 304 g/mol. The number of nitro benzene ring substituents is 1. The molecule has 0 spiro atoms. The molecule has 0 aliphatic rings. The first-order chi connectivity index (χ1) is 9.97. The fraction of sp³-hybridized carbons (Fsp3) is 0.188. The zero-order valence-corrected chi connectivity index (χ0v) is 12.2. The first-order valence-electron chi connectivity index (χ1n) is 6.50. The summed E-state index contributed by atoms with van der Waals surface area (Å²) in [6.45, 7) is 1.96. The number of non-ortho nitro benzene ring substituents is 1. The number of carbonyl (C=O) groups excluding carboxylic acids is 1. The molecule has 0 unspecified atom stereocenters. The van der Waals surface area contributed by atoms with Crippen LogP contribution in [0, 0.1) is 10.1 Å². The molecule has 2 aromatic carbocycles. The molecule has 0 heterocycles. The van der Waals surface area contributed by atoms with Crippen LogP contribution in [0.2, 0.25) is 5.02 Å². The van der Waals surface area contributed by atoms with Crippen molar-refractivity contribution in [2.45, 2.75) is 19.3 Å². The predicted molar refractivity (Wildman–Crippen MR) is 81.9 cm³/mol. The molecule has 0 saturated heterocycles. The third kappa shape index (κ3) is 3.89. The Bertz CT molecular complexity index is 650. The van der Waals surface area contributed by atoms with Gasteiger partial charge in [-0.2, -0.15) is 0 Å². The molecule has 1 atom stereocenters. The second kappa shape index (κ2) is 6.50. The van der Waals surface area contributed by atoms with E-state index in [0.29, 0.717) is 17.0 Å². The fourth-order valence-electron chi connectivity index (χ4n) is 2.07. The minimum absolute atomic E-state index is 0.0164. The van der Waals surface area contributed by atoms with E-state index in [1.54, 1.807) is 12.1 Å². The van der Waals surface area contributed by atoms with E-state index in [4.69, 9.17) is 11.6 Å². The summed E-state index contributed by atoms with van der Waals surface area (Å²) in [6, 6.07) is 13.1. The fourth-order valence-corrected chi connectivity index (χ4v) is 2.20. The van der Waals surface area contributed by atoms with Crippen LogP contribution in [0.1, 0.15) is 35.2 Å². The van der Waals surface area contributed by atoms with Gasteiger partial charge < -0.3 is 0 Å². The van der Waals surface area contributed by atoms with Crippen molar-refractivity contribution in [2.75, 3.05) is 0 Å². The summed E-state index contributed by atoms with van der Waals surface area (Å²) >= 11 is 5.84. The number of rotatable bonds is 5. The number of halogens is 1. The highest BCUT2D eigenvalue weighted by Crippen LogP contribution is 2.23. The molecular weight excluding hydrogens is 290 g/mol. The molecule has 0 radical (unpaired) electrons. The van der Waals surface area contributed by atoms with Crippen LogP contribution in [-0.4, -0.2) is 10.7 Å². The molecule has 108 valence electrons. The van der Waals surface area contributed by atoms with Gasteiger partial charge in [-0.25, -0.2) is 0 Å². The molecule has 0 fully saturated rings. The minimum Gasteiger partial charge on any atom is -0.294 e. The third-order valence-electron chi connectivity index (χ3n) is 3.33. The van der Waals surface area contributed by atoms with Crippen LogP contribution in [0.15, 0.2) is 48.5 Å². The van der Waals surface area contributed by atoms with Crippen molar-refractivity contribution in [3.8, 4) is 0 Å². The van der Waals surface area contributed by atoms with Gasteiger partial charge in [-0.15, -0.1) is 0 Å². The van der Waals surface area contributed by atoms with E-state index in [9.17, 15) is 14.9 Å². The van der Waals surface area contributed by atoms with Crippen molar-refractivity contribution in [3.63, 3.8) is 0 Å². The van der Waals surface area contributed by atoms with Crippen LogP contribution in [0.4, 0.5) is 5.69 Å². The quantitative estimate of drug-likeness (QED) is 0.460. The normalized spacial score (nSPS) is 11.9. The average Bonchev–Trinajstić information content (AvgIpc) is 2.47. The Morgan fingerprint density at radius 2 is 1.71 bits per heavy atom. The molecule has 0 amide bonds. The van der Waals surface area contributed by atoms with Gasteiger partial charge in [0.25, 0.3) is 5.69 Å².